The van der Waals surface area contributed by atoms with Crippen molar-refractivity contribution in [3.63, 3.8) is 0 Å². The molecule has 172 valence electrons. The topological polar surface area (TPSA) is 88.1 Å². The molecule has 4 aliphatic carbocycles. The molecule has 0 aliphatic heterocycles. The van der Waals surface area contributed by atoms with Crippen LogP contribution in [0.5, 0.6) is 5.75 Å². The van der Waals surface area contributed by atoms with Crippen LogP contribution in [0.1, 0.15) is 44.1 Å². The van der Waals surface area contributed by atoms with Crippen molar-refractivity contribution in [2.45, 2.75) is 50.5 Å². The molecule has 0 N–H and O–H groups in total. The van der Waals surface area contributed by atoms with Gasteiger partial charge in [0, 0.05) is 14.1 Å². The monoisotopic (exact) mass is 448 g/mol. The summed E-state index contributed by atoms with van der Waals surface area (Å²) in [6.07, 6.45) is 9.51. The van der Waals surface area contributed by atoms with Crippen molar-refractivity contribution in [2.75, 3.05) is 0 Å². The van der Waals surface area contributed by atoms with Crippen molar-refractivity contribution in [1.82, 2.24) is 18.7 Å². The average molecular weight is 449 g/mol. The number of carbonyl (C=O) groups excluding carboxylic acids is 1. The summed E-state index contributed by atoms with van der Waals surface area (Å²) < 4.78 is 9.31. The molecule has 33 heavy (non-hydrogen) atoms. The van der Waals surface area contributed by atoms with Crippen LogP contribution in [0, 0.1) is 17.8 Å². The number of aromatic nitrogens is 4. The smallest absolute Gasteiger partial charge is 0.332 e. The predicted molar refractivity (Wildman–Crippen MR) is 122 cm³/mol. The lowest BCUT2D eigenvalue weighted by Crippen LogP contribution is -2.48. The first kappa shape index (κ1) is 20.4. The molecule has 0 amide bonds. The first-order chi connectivity index (χ1) is 15.8. The summed E-state index contributed by atoms with van der Waals surface area (Å²) in [4.78, 5) is 41.4. The molecule has 8 nitrogen and oxygen atoms in total. The maximum Gasteiger partial charge on any atom is 0.332 e. The average Bonchev–Trinajstić information content (AvgIpc) is 3.19. The minimum atomic E-state index is -0.493. The van der Waals surface area contributed by atoms with Crippen molar-refractivity contribution in [1.29, 1.82) is 0 Å². The molecule has 2 aromatic heterocycles. The number of imidazole rings is 1. The Morgan fingerprint density at radius 2 is 1.61 bits per heavy atom. The van der Waals surface area contributed by atoms with E-state index in [0.717, 1.165) is 22.3 Å². The van der Waals surface area contributed by atoms with E-state index in [1.54, 1.807) is 7.05 Å². The zero-order chi connectivity index (χ0) is 22.9. The van der Waals surface area contributed by atoms with Crippen LogP contribution in [0.4, 0.5) is 0 Å². The molecule has 0 radical (unpaired) electrons. The third-order valence-corrected chi connectivity index (χ3v) is 8.25. The Kier molecular flexibility index (Phi) is 4.44. The van der Waals surface area contributed by atoms with E-state index < -0.39 is 17.2 Å². The summed E-state index contributed by atoms with van der Waals surface area (Å²) >= 11 is 0. The van der Waals surface area contributed by atoms with Crippen molar-refractivity contribution in [2.24, 2.45) is 31.8 Å². The molecule has 4 fully saturated rings. The molecular weight excluding hydrogens is 420 g/mol. The van der Waals surface area contributed by atoms with Gasteiger partial charge in [0.15, 0.2) is 11.2 Å². The van der Waals surface area contributed by atoms with Gasteiger partial charge in [-0.25, -0.2) is 14.6 Å². The molecule has 8 heteroatoms. The van der Waals surface area contributed by atoms with Gasteiger partial charge >= 0.3 is 11.7 Å². The van der Waals surface area contributed by atoms with Crippen LogP contribution in [0.25, 0.3) is 11.2 Å². The van der Waals surface area contributed by atoms with Crippen molar-refractivity contribution in [3.05, 3.63) is 57.0 Å². The molecular formula is C25H28N4O4. The second kappa shape index (κ2) is 7.17. The Balaban J connectivity index is 1.20. The number of rotatable bonds is 4. The number of aryl methyl sites for hydroxylation is 1. The number of fused-ring (bicyclic) bond motifs is 1. The fraction of sp³-hybridized carbons (Fsp3) is 0.520. The summed E-state index contributed by atoms with van der Waals surface area (Å²) in [5.41, 5.74) is 1.19. The Morgan fingerprint density at radius 3 is 2.21 bits per heavy atom. The maximum absolute atomic E-state index is 12.6. The number of hydrogen-bond acceptors (Lipinski definition) is 5. The molecule has 0 saturated heterocycles. The predicted octanol–water partition coefficient (Wildman–Crippen LogP) is 2.51. The Hall–Kier alpha value is -3.16. The van der Waals surface area contributed by atoms with Gasteiger partial charge in [-0.05, 0) is 79.4 Å². The van der Waals surface area contributed by atoms with Gasteiger partial charge in [-0.3, -0.25) is 13.9 Å². The molecule has 4 aliphatic rings. The fourth-order valence-electron chi connectivity index (χ4n) is 7.16. The van der Waals surface area contributed by atoms with Gasteiger partial charge < -0.3 is 9.30 Å². The highest BCUT2D eigenvalue weighted by atomic mass is 16.5. The van der Waals surface area contributed by atoms with E-state index in [0.29, 0.717) is 11.2 Å². The first-order valence-corrected chi connectivity index (χ1v) is 11.7. The molecule has 0 unspecified atom stereocenters. The van der Waals surface area contributed by atoms with Gasteiger partial charge in [0.1, 0.15) is 12.3 Å². The van der Waals surface area contributed by atoms with E-state index >= 15 is 0 Å². The molecule has 2 heterocycles. The minimum Gasteiger partial charge on any atom is -0.425 e. The zero-order valence-electron chi connectivity index (χ0n) is 19.0. The first-order valence-electron chi connectivity index (χ1n) is 11.7. The van der Waals surface area contributed by atoms with Crippen LogP contribution >= 0.6 is 0 Å². The van der Waals surface area contributed by atoms with Gasteiger partial charge in [-0.2, -0.15) is 0 Å². The minimum absolute atomic E-state index is 0.166. The Labute approximate surface area is 190 Å². The van der Waals surface area contributed by atoms with Crippen LogP contribution in [0.3, 0.4) is 0 Å². The number of carbonyl (C=O) groups is 1. The number of esters is 1. The van der Waals surface area contributed by atoms with Crippen LogP contribution < -0.4 is 16.0 Å². The lowest BCUT2D eigenvalue weighted by atomic mass is 9.48. The van der Waals surface area contributed by atoms with E-state index in [9.17, 15) is 14.4 Å². The number of nitrogens with zero attached hydrogens (tertiary/aromatic N) is 4. The molecule has 4 saturated carbocycles. The SMILES string of the molecule is Cn1c(=O)c2c(ncn2CC(=O)Oc2ccc(C34CC5CC(CC(C5)C3)C4)cc2)n(C)c1=O. The van der Waals surface area contributed by atoms with E-state index in [1.807, 2.05) is 12.1 Å². The van der Waals surface area contributed by atoms with Crippen molar-refractivity contribution < 1.29 is 9.53 Å². The summed E-state index contributed by atoms with van der Waals surface area (Å²) in [5, 5.41) is 0. The summed E-state index contributed by atoms with van der Waals surface area (Å²) in [6, 6.07) is 8.04. The second-order valence-electron chi connectivity index (χ2n) is 10.4. The van der Waals surface area contributed by atoms with Gasteiger partial charge in [0.05, 0.1) is 6.33 Å². The highest BCUT2D eigenvalue weighted by Gasteiger charge is 2.51. The number of hydrogen-bond donors (Lipinski definition) is 0. The van der Waals surface area contributed by atoms with Gasteiger partial charge in [0.25, 0.3) is 5.56 Å². The molecule has 0 atom stereocenters. The van der Waals surface area contributed by atoms with E-state index in [-0.39, 0.29) is 17.7 Å². The van der Waals surface area contributed by atoms with Gasteiger partial charge in [0.2, 0.25) is 0 Å². The molecule has 3 aromatic rings. The molecule has 0 spiro atoms. The second-order valence-corrected chi connectivity index (χ2v) is 10.4. The highest BCUT2D eigenvalue weighted by molar-refractivity contribution is 5.76. The highest BCUT2D eigenvalue weighted by Crippen LogP contribution is 2.60. The lowest BCUT2D eigenvalue weighted by molar-refractivity contribution is -0.135. The third kappa shape index (κ3) is 3.18. The van der Waals surface area contributed by atoms with Crippen LogP contribution in [0.2, 0.25) is 0 Å². The van der Waals surface area contributed by atoms with E-state index in [2.05, 4.69) is 17.1 Å². The molecule has 4 bridgehead atoms. The maximum atomic E-state index is 12.6. The zero-order valence-corrected chi connectivity index (χ0v) is 19.0. The number of benzene rings is 1. The normalized spacial score (nSPS) is 27.9. The number of ether oxygens (including phenoxy) is 1. The van der Waals surface area contributed by atoms with Crippen LogP contribution in [-0.4, -0.2) is 24.7 Å². The molecule has 7 rings (SSSR count). The molecule has 1 aromatic carbocycles. The lowest BCUT2D eigenvalue weighted by Gasteiger charge is -2.57. The fourth-order valence-corrected chi connectivity index (χ4v) is 7.16. The summed E-state index contributed by atoms with van der Waals surface area (Å²) in [5.74, 6) is 2.65. The van der Waals surface area contributed by atoms with Crippen molar-refractivity contribution in [3.8, 4) is 5.75 Å². The van der Waals surface area contributed by atoms with E-state index in [4.69, 9.17) is 4.74 Å². The summed E-state index contributed by atoms with van der Waals surface area (Å²) in [6.45, 7) is -0.166. The van der Waals surface area contributed by atoms with Gasteiger partial charge in [-0.15, -0.1) is 0 Å². The summed E-state index contributed by atoms with van der Waals surface area (Å²) in [7, 11) is 2.95. The third-order valence-electron chi connectivity index (χ3n) is 8.25. The van der Waals surface area contributed by atoms with Crippen molar-refractivity contribution >= 4 is 17.1 Å². The Bertz CT molecular complexity index is 1340. The standard InChI is InChI=1S/C25H28N4O4/c1-27-22-21(23(31)28(2)24(27)32)29(14-26-22)13-20(30)33-19-5-3-18(4-6-19)25-10-15-7-16(11-25)9-17(8-15)12-25/h3-6,14-17H,7-13H2,1-2H3. The van der Waals surface area contributed by atoms with Crippen LogP contribution in [-0.2, 0) is 30.8 Å². The van der Waals surface area contributed by atoms with Crippen LogP contribution in [0.15, 0.2) is 40.2 Å². The Morgan fingerprint density at radius 1 is 1.00 bits per heavy atom. The quantitative estimate of drug-likeness (QED) is 0.452. The largest absolute Gasteiger partial charge is 0.425 e. The van der Waals surface area contributed by atoms with Gasteiger partial charge in [-0.1, -0.05) is 12.1 Å². The van der Waals surface area contributed by atoms with E-state index in [1.165, 1.54) is 66.6 Å².